The molecular weight excluding hydrogens is 260 g/mol. The third-order valence-electron chi connectivity index (χ3n) is 7.48. The fraction of sp³-hybridized carbons (Fsp3) is 0.842. The molecule has 21 heavy (non-hydrogen) atoms. The zero-order valence-electron chi connectivity index (χ0n) is 12.7. The predicted octanol–water partition coefficient (Wildman–Crippen LogP) is 3.96. The largest absolute Gasteiger partial charge is 0.462 e. The van der Waals surface area contributed by atoms with Crippen molar-refractivity contribution < 1.29 is 9.53 Å². The molecule has 2 nitrogen and oxygen atoms in total. The summed E-state index contributed by atoms with van der Waals surface area (Å²) < 4.78 is 5.35. The van der Waals surface area contributed by atoms with Crippen LogP contribution < -0.4 is 0 Å². The van der Waals surface area contributed by atoms with E-state index in [1.165, 1.54) is 32.1 Å². The molecule has 1 saturated heterocycles. The molecule has 0 aromatic rings. The second kappa shape index (κ2) is 4.60. The highest BCUT2D eigenvalue weighted by Crippen LogP contribution is 2.67. The highest BCUT2D eigenvalue weighted by Gasteiger charge is 2.60. The number of rotatable bonds is 4. The van der Waals surface area contributed by atoms with Gasteiger partial charge in [-0.15, -0.1) is 0 Å². The summed E-state index contributed by atoms with van der Waals surface area (Å²) in [6, 6.07) is 0. The maximum Gasteiger partial charge on any atom is 0.306 e. The van der Waals surface area contributed by atoms with Gasteiger partial charge < -0.3 is 4.74 Å². The Labute approximate surface area is 127 Å². The van der Waals surface area contributed by atoms with Crippen LogP contribution in [0.1, 0.15) is 51.4 Å². The quantitative estimate of drug-likeness (QED) is 0.444. The summed E-state index contributed by atoms with van der Waals surface area (Å²) in [4.78, 5) is 11.1. The zero-order valence-corrected chi connectivity index (χ0v) is 12.7. The Morgan fingerprint density at radius 2 is 1.90 bits per heavy atom. The van der Waals surface area contributed by atoms with E-state index in [0.717, 1.165) is 54.3 Å². The van der Waals surface area contributed by atoms with Crippen LogP contribution in [-0.4, -0.2) is 12.1 Å². The number of hydrogen-bond acceptors (Lipinski definition) is 2. The van der Waals surface area contributed by atoms with Crippen molar-refractivity contribution in [1.29, 1.82) is 0 Å². The number of cyclic esters (lactones) is 1. The van der Waals surface area contributed by atoms with Crippen molar-refractivity contribution in [2.24, 2.45) is 41.4 Å². The third-order valence-corrected chi connectivity index (χ3v) is 7.48. The van der Waals surface area contributed by atoms with Gasteiger partial charge in [-0.3, -0.25) is 4.79 Å². The van der Waals surface area contributed by atoms with Crippen molar-refractivity contribution >= 4 is 5.97 Å². The van der Waals surface area contributed by atoms with Gasteiger partial charge in [0.15, 0.2) is 0 Å². The highest BCUT2D eigenvalue weighted by molar-refractivity contribution is 5.71. The Morgan fingerprint density at radius 3 is 2.71 bits per heavy atom. The Kier molecular flexibility index (Phi) is 2.79. The predicted molar refractivity (Wildman–Crippen MR) is 80.4 cm³/mol. The van der Waals surface area contributed by atoms with Crippen molar-refractivity contribution in [2.45, 2.75) is 57.5 Å². The minimum atomic E-state index is 0.0246. The van der Waals surface area contributed by atoms with Gasteiger partial charge in [0.1, 0.15) is 6.10 Å². The summed E-state index contributed by atoms with van der Waals surface area (Å²) in [6.45, 7) is 0. The number of carbonyl (C=O) groups excluding carboxylic acids is 1. The normalized spacial score (nSPS) is 52.7. The van der Waals surface area contributed by atoms with Gasteiger partial charge in [0.2, 0.25) is 0 Å². The van der Waals surface area contributed by atoms with E-state index in [1.54, 1.807) is 0 Å². The molecule has 114 valence electrons. The first kappa shape index (κ1) is 12.7. The fourth-order valence-electron chi connectivity index (χ4n) is 6.88. The molecule has 8 unspecified atom stereocenters. The van der Waals surface area contributed by atoms with E-state index >= 15 is 0 Å². The van der Waals surface area contributed by atoms with Crippen LogP contribution in [-0.2, 0) is 9.53 Å². The van der Waals surface area contributed by atoms with Crippen LogP contribution in [0.4, 0.5) is 0 Å². The van der Waals surface area contributed by atoms with Gasteiger partial charge in [-0.05, 0) is 80.0 Å². The van der Waals surface area contributed by atoms with Gasteiger partial charge in [-0.1, -0.05) is 18.6 Å². The average Bonchev–Trinajstić information content (AvgIpc) is 3.24. The van der Waals surface area contributed by atoms with Crippen molar-refractivity contribution in [3.8, 4) is 0 Å². The summed E-state index contributed by atoms with van der Waals surface area (Å²) in [5.74, 6) is 7.10. The molecule has 0 N–H and O–H groups in total. The van der Waals surface area contributed by atoms with Gasteiger partial charge >= 0.3 is 5.97 Å². The van der Waals surface area contributed by atoms with Crippen LogP contribution >= 0.6 is 0 Å². The standard InChI is InChI=1S/C19H26O2/c20-17-7-6-15(21-17)3-1-2-11-8-14-10-16(11)19-13-5-4-12(9-13)18(14)19/h4-5,11-16,18-19H,1-3,6-10H2. The number of fused-ring (bicyclic) bond motifs is 9. The fourth-order valence-corrected chi connectivity index (χ4v) is 6.88. The van der Waals surface area contributed by atoms with Crippen LogP contribution in [0.2, 0.25) is 0 Å². The molecule has 5 rings (SSSR count). The maximum absolute atomic E-state index is 11.1. The molecule has 4 fully saturated rings. The van der Waals surface area contributed by atoms with Gasteiger partial charge in [-0.2, -0.15) is 0 Å². The Bertz CT molecular complexity index is 482. The van der Waals surface area contributed by atoms with Crippen molar-refractivity contribution in [2.75, 3.05) is 0 Å². The summed E-state index contributed by atoms with van der Waals surface area (Å²) in [7, 11) is 0. The summed E-state index contributed by atoms with van der Waals surface area (Å²) in [5.41, 5.74) is 0. The molecular formula is C19H26O2. The first-order valence-corrected chi connectivity index (χ1v) is 9.17. The van der Waals surface area contributed by atoms with Crippen LogP contribution in [0, 0.1) is 41.4 Å². The molecule has 4 bridgehead atoms. The number of allylic oxidation sites excluding steroid dienone is 2. The van der Waals surface area contributed by atoms with E-state index in [1.807, 2.05) is 0 Å². The number of hydrogen-bond donors (Lipinski definition) is 0. The molecule has 5 aliphatic rings. The molecule has 1 aliphatic heterocycles. The lowest BCUT2D eigenvalue weighted by Crippen LogP contribution is -2.31. The lowest BCUT2D eigenvalue weighted by Gasteiger charge is -2.37. The summed E-state index contributed by atoms with van der Waals surface area (Å²) in [5, 5.41) is 0. The van der Waals surface area contributed by atoms with E-state index in [0.29, 0.717) is 6.42 Å². The third kappa shape index (κ3) is 1.87. The number of esters is 1. The molecule has 0 aromatic carbocycles. The van der Waals surface area contributed by atoms with E-state index in [9.17, 15) is 4.79 Å². The molecule has 0 spiro atoms. The molecule has 0 radical (unpaired) electrons. The van der Waals surface area contributed by atoms with E-state index in [2.05, 4.69) is 12.2 Å². The monoisotopic (exact) mass is 286 g/mol. The van der Waals surface area contributed by atoms with Gasteiger partial charge in [0, 0.05) is 6.42 Å². The topological polar surface area (TPSA) is 26.3 Å². The van der Waals surface area contributed by atoms with E-state index in [-0.39, 0.29) is 12.1 Å². The van der Waals surface area contributed by atoms with Crippen LogP contribution in [0.25, 0.3) is 0 Å². The van der Waals surface area contributed by atoms with E-state index < -0.39 is 0 Å². The summed E-state index contributed by atoms with van der Waals surface area (Å²) in [6.07, 6.45) is 15.2. The van der Waals surface area contributed by atoms with Crippen molar-refractivity contribution in [3.63, 3.8) is 0 Å². The second-order valence-electron chi connectivity index (χ2n) is 8.34. The van der Waals surface area contributed by atoms with Gasteiger partial charge in [0.25, 0.3) is 0 Å². The van der Waals surface area contributed by atoms with Crippen LogP contribution in [0.5, 0.6) is 0 Å². The number of ether oxygens (including phenoxy) is 1. The minimum absolute atomic E-state index is 0.0246. The first-order chi connectivity index (χ1) is 10.3. The lowest BCUT2D eigenvalue weighted by molar-refractivity contribution is -0.141. The highest BCUT2D eigenvalue weighted by atomic mass is 16.5. The number of carbonyl (C=O) groups is 1. The van der Waals surface area contributed by atoms with Gasteiger partial charge in [0.05, 0.1) is 0 Å². The molecule has 2 heteroatoms. The Balaban J connectivity index is 1.17. The smallest absolute Gasteiger partial charge is 0.306 e. The molecule has 0 aromatic heterocycles. The van der Waals surface area contributed by atoms with Gasteiger partial charge in [-0.25, -0.2) is 0 Å². The van der Waals surface area contributed by atoms with Crippen molar-refractivity contribution in [1.82, 2.24) is 0 Å². The Morgan fingerprint density at radius 1 is 1.05 bits per heavy atom. The summed E-state index contributed by atoms with van der Waals surface area (Å²) >= 11 is 0. The Hall–Kier alpha value is -0.790. The van der Waals surface area contributed by atoms with Crippen LogP contribution in [0.3, 0.4) is 0 Å². The van der Waals surface area contributed by atoms with Crippen molar-refractivity contribution in [3.05, 3.63) is 12.2 Å². The maximum atomic E-state index is 11.1. The minimum Gasteiger partial charge on any atom is -0.462 e. The zero-order chi connectivity index (χ0) is 14.0. The molecule has 8 atom stereocenters. The second-order valence-corrected chi connectivity index (χ2v) is 8.34. The SMILES string of the molecule is O=C1CCC(CCCC2CC3CC2C2C4C=CC(C4)C32)O1. The van der Waals surface area contributed by atoms with Crippen LogP contribution in [0.15, 0.2) is 12.2 Å². The molecule has 4 aliphatic carbocycles. The lowest BCUT2D eigenvalue weighted by atomic mass is 9.68. The molecule has 3 saturated carbocycles. The first-order valence-electron chi connectivity index (χ1n) is 9.17. The van der Waals surface area contributed by atoms with E-state index in [4.69, 9.17) is 4.74 Å². The average molecular weight is 286 g/mol. The molecule has 0 amide bonds. The molecule has 1 heterocycles.